The fourth-order valence-electron chi connectivity index (χ4n) is 13.1. The quantitative estimate of drug-likeness (QED) is 0.0663. The van der Waals surface area contributed by atoms with Crippen molar-refractivity contribution in [3.63, 3.8) is 0 Å². The van der Waals surface area contributed by atoms with E-state index in [9.17, 15) is 9.59 Å². The summed E-state index contributed by atoms with van der Waals surface area (Å²) in [7, 11) is 1.68. The molecule has 1 saturated carbocycles. The molecule has 11 rings (SSSR count). The van der Waals surface area contributed by atoms with Crippen LogP contribution in [-0.2, 0) is 40.2 Å². The van der Waals surface area contributed by atoms with Gasteiger partial charge in [-0.1, -0.05) is 87.9 Å². The number of methoxy groups -OCH3 is 1. The van der Waals surface area contributed by atoms with Crippen molar-refractivity contribution in [3.8, 4) is 5.75 Å². The molecular formula is C66H76N6O5. The van der Waals surface area contributed by atoms with Crippen LogP contribution in [0.3, 0.4) is 0 Å². The first-order chi connectivity index (χ1) is 37.6. The second-order valence-corrected chi connectivity index (χ2v) is 21.0. The molecule has 0 spiro atoms. The Kier molecular flexibility index (Phi) is 15.6. The average Bonchev–Trinajstić information content (AvgIpc) is 4.37. The molecule has 0 radical (unpaired) electrons. The number of carbonyl (C=O) groups is 2. The van der Waals surface area contributed by atoms with Crippen molar-refractivity contribution in [1.82, 2.24) is 19.1 Å². The molecule has 4 aromatic carbocycles. The number of hydrogen-bond donors (Lipinski definition) is 1. The fourth-order valence-corrected chi connectivity index (χ4v) is 13.1. The van der Waals surface area contributed by atoms with E-state index in [0.29, 0.717) is 34.2 Å². The summed E-state index contributed by atoms with van der Waals surface area (Å²) >= 11 is 0. The lowest BCUT2D eigenvalue weighted by molar-refractivity contribution is 0.0231. The van der Waals surface area contributed by atoms with Crippen molar-refractivity contribution in [1.29, 1.82) is 0 Å². The molecule has 0 saturated heterocycles. The second-order valence-electron chi connectivity index (χ2n) is 21.0. The first-order valence-electron chi connectivity index (χ1n) is 28.4. The van der Waals surface area contributed by atoms with E-state index in [1.165, 1.54) is 62.6 Å². The number of aryl methyl sites for hydroxylation is 3. The van der Waals surface area contributed by atoms with Crippen molar-refractivity contribution < 1.29 is 23.8 Å². The molecule has 77 heavy (non-hydrogen) atoms. The van der Waals surface area contributed by atoms with Crippen molar-refractivity contribution in [3.05, 3.63) is 183 Å². The molecule has 2 atom stereocenters. The third-order valence-corrected chi connectivity index (χ3v) is 16.8. The Balaban J connectivity index is 0.000000175. The van der Waals surface area contributed by atoms with Gasteiger partial charge in [0.25, 0.3) is 0 Å². The predicted molar refractivity (Wildman–Crippen MR) is 310 cm³/mol. The third kappa shape index (κ3) is 9.23. The highest BCUT2D eigenvalue weighted by molar-refractivity contribution is 5.99. The molecule has 0 amide bonds. The number of cyclic esters (lactones) is 2. The lowest BCUT2D eigenvalue weighted by atomic mass is 9.78. The van der Waals surface area contributed by atoms with E-state index in [2.05, 4.69) is 128 Å². The topological polar surface area (TPSA) is 113 Å². The van der Waals surface area contributed by atoms with Gasteiger partial charge in [-0.25, -0.2) is 9.59 Å². The molecule has 1 aliphatic carbocycles. The first-order valence-corrected chi connectivity index (χ1v) is 28.4. The average molecular weight is 1030 g/mol. The van der Waals surface area contributed by atoms with E-state index in [1.807, 2.05) is 36.4 Å². The summed E-state index contributed by atoms with van der Waals surface area (Å²) in [6.07, 6.45) is 15.7. The predicted octanol–water partition coefficient (Wildman–Crippen LogP) is 14.6. The maximum absolute atomic E-state index is 13.6. The Morgan fingerprint density at radius 1 is 0.649 bits per heavy atom. The van der Waals surface area contributed by atoms with E-state index in [-0.39, 0.29) is 11.9 Å². The highest BCUT2D eigenvalue weighted by atomic mass is 16.6. The van der Waals surface area contributed by atoms with Crippen LogP contribution >= 0.6 is 0 Å². The van der Waals surface area contributed by atoms with Gasteiger partial charge in [-0.15, -0.1) is 0 Å². The number of carbonyl (C=O) groups excluding carboxylic acids is 2. The van der Waals surface area contributed by atoms with Gasteiger partial charge < -0.3 is 33.6 Å². The molecule has 11 nitrogen and oxygen atoms in total. The summed E-state index contributed by atoms with van der Waals surface area (Å²) < 4.78 is 23.7. The molecular weight excluding hydrogens is 957 g/mol. The molecule has 8 aromatic rings. The number of nitrogens with one attached hydrogen (secondary N) is 1. The number of ether oxygens (including phenoxy) is 3. The van der Waals surface area contributed by atoms with Crippen LogP contribution in [-0.4, -0.2) is 57.8 Å². The summed E-state index contributed by atoms with van der Waals surface area (Å²) in [4.78, 5) is 39.0. The van der Waals surface area contributed by atoms with Gasteiger partial charge in [0.2, 0.25) is 11.2 Å². The largest absolute Gasteiger partial charge is 0.496 e. The fraction of sp³-hybridized carbons (Fsp3) is 0.394. The number of hydrogen-bond acceptors (Lipinski definition) is 9. The second kappa shape index (κ2) is 22.7. The van der Waals surface area contributed by atoms with Crippen LogP contribution < -0.4 is 15.0 Å². The number of esters is 2. The number of nitrogens with zero attached hydrogens (tertiary/aromatic N) is 5. The Hall–Kier alpha value is -7.40. The van der Waals surface area contributed by atoms with Gasteiger partial charge in [0.15, 0.2) is 0 Å². The number of pyridine rings is 2. The molecule has 6 heterocycles. The van der Waals surface area contributed by atoms with Crippen LogP contribution in [0.5, 0.6) is 5.75 Å². The Morgan fingerprint density at radius 3 is 1.75 bits per heavy atom. The number of benzene rings is 4. The van der Waals surface area contributed by atoms with E-state index in [0.717, 1.165) is 107 Å². The summed E-state index contributed by atoms with van der Waals surface area (Å²) in [6.45, 7) is 19.7. The number of fused-ring (bicyclic) bond motifs is 4. The summed E-state index contributed by atoms with van der Waals surface area (Å²) in [6, 6.07) is 36.9. The molecule has 0 bridgehead atoms. The van der Waals surface area contributed by atoms with E-state index < -0.39 is 11.2 Å². The lowest BCUT2D eigenvalue weighted by Gasteiger charge is -2.33. The monoisotopic (exact) mass is 1030 g/mol. The van der Waals surface area contributed by atoms with Gasteiger partial charge in [0.1, 0.15) is 17.1 Å². The van der Waals surface area contributed by atoms with Gasteiger partial charge in [-0.3, -0.25) is 9.97 Å². The zero-order valence-corrected chi connectivity index (χ0v) is 46.5. The molecule has 4 aromatic heterocycles. The Labute approximate surface area is 455 Å². The van der Waals surface area contributed by atoms with Crippen LogP contribution in [0, 0.1) is 19.8 Å². The van der Waals surface area contributed by atoms with Gasteiger partial charge in [0, 0.05) is 118 Å². The zero-order valence-electron chi connectivity index (χ0n) is 46.5. The first kappa shape index (κ1) is 53.0. The van der Waals surface area contributed by atoms with E-state index in [4.69, 9.17) is 24.2 Å². The van der Waals surface area contributed by atoms with Crippen LogP contribution in [0.15, 0.2) is 122 Å². The Bertz CT molecular complexity index is 3440. The molecule has 1 fully saturated rings. The number of para-hydroxylation sites is 2. The number of unbranched alkanes of at least 4 members (excludes halogenated alkanes) is 3. The standard InChI is InChI=1S/C34H41N3O2.C32H35N3O3/c1-6-10-11-12-16-25-23-26(36(7-2)8-3)20-21-29(25)34(32-28(33(38)39-34)18-15-22-35-32)31-24(5)37(9-4)30-19-14-13-17-27(30)31;1-4-35-21(2)29(24-13-8-9-15-27(24)35)32(30-25(31(36)38-32)14-10-18-33-30)26-17-16-23(19-28(26)37-3)34-20-22-11-6-5-7-12-22/h13-15,17-23H,6-12,16H2,1-5H3;8-10,13-19,22,34H,4-7,11-12,20H2,1-3H3. The highest BCUT2D eigenvalue weighted by Crippen LogP contribution is 2.54. The number of anilines is 2. The number of aromatic nitrogens is 4. The van der Waals surface area contributed by atoms with Crippen LogP contribution in [0.25, 0.3) is 21.8 Å². The molecule has 3 aliphatic rings. The molecule has 2 unspecified atom stereocenters. The highest BCUT2D eigenvalue weighted by Gasteiger charge is 2.55. The minimum atomic E-state index is -1.23. The third-order valence-electron chi connectivity index (χ3n) is 16.8. The van der Waals surface area contributed by atoms with E-state index in [1.54, 1.807) is 31.6 Å². The van der Waals surface area contributed by atoms with E-state index >= 15 is 0 Å². The SMILES string of the molecule is CCCCCCc1cc(N(CC)CC)ccc1C1(c2c(C)n(CC)c3ccccc23)OC(=O)c2cccnc21.CCn1c(C)c(C2(c3ccc(NCC4CCCCC4)cc3OC)OC(=O)c3cccnc32)c2ccccc21. The summed E-state index contributed by atoms with van der Waals surface area (Å²) in [5, 5.41) is 5.78. The Morgan fingerprint density at radius 2 is 1.21 bits per heavy atom. The maximum atomic E-state index is 13.6. The zero-order chi connectivity index (χ0) is 53.8. The van der Waals surface area contributed by atoms with Crippen molar-refractivity contribution in [2.75, 3.05) is 37.0 Å². The molecule has 2 aliphatic heterocycles. The minimum Gasteiger partial charge on any atom is -0.496 e. The minimum absolute atomic E-state index is 0.310. The maximum Gasteiger partial charge on any atom is 0.341 e. The van der Waals surface area contributed by atoms with Gasteiger partial charge >= 0.3 is 11.9 Å². The van der Waals surface area contributed by atoms with Gasteiger partial charge in [-0.2, -0.15) is 0 Å². The molecule has 1 N–H and O–H groups in total. The van der Waals surface area contributed by atoms with Gasteiger partial charge in [-0.05, 0) is 139 Å². The van der Waals surface area contributed by atoms with Crippen LogP contribution in [0.2, 0.25) is 0 Å². The normalized spacial score (nSPS) is 17.9. The summed E-state index contributed by atoms with van der Waals surface area (Å²) in [5.41, 5.74) is 11.6. The van der Waals surface area contributed by atoms with Gasteiger partial charge in [0.05, 0.1) is 18.2 Å². The number of rotatable bonds is 18. The van der Waals surface area contributed by atoms with Crippen molar-refractivity contribution in [2.45, 2.75) is 137 Å². The molecule has 400 valence electrons. The van der Waals surface area contributed by atoms with Crippen LogP contribution in [0.4, 0.5) is 11.4 Å². The van der Waals surface area contributed by atoms with Crippen molar-refractivity contribution >= 4 is 45.1 Å². The lowest BCUT2D eigenvalue weighted by Crippen LogP contribution is -2.33. The molecule has 11 heteroatoms. The summed E-state index contributed by atoms with van der Waals surface area (Å²) in [5.74, 6) is 0.686. The van der Waals surface area contributed by atoms with Crippen molar-refractivity contribution in [2.24, 2.45) is 5.92 Å². The smallest absolute Gasteiger partial charge is 0.341 e. The van der Waals surface area contributed by atoms with Crippen LogP contribution in [0.1, 0.15) is 164 Å².